The number of anilines is 1. The van der Waals surface area contributed by atoms with Gasteiger partial charge in [0.15, 0.2) is 0 Å². The maximum atomic E-state index is 12.3. The van der Waals surface area contributed by atoms with Crippen LogP contribution < -0.4 is 20.1 Å². The zero-order valence-corrected chi connectivity index (χ0v) is 17.2. The van der Waals surface area contributed by atoms with E-state index in [1.807, 2.05) is 6.92 Å². The van der Waals surface area contributed by atoms with Crippen LogP contribution in [0.2, 0.25) is 0 Å². The van der Waals surface area contributed by atoms with Crippen LogP contribution in [-0.2, 0) is 4.79 Å². The number of nitrogens with zero attached hydrogens (tertiary/aromatic N) is 1. The van der Waals surface area contributed by atoms with E-state index in [1.54, 1.807) is 32.4 Å². The first kappa shape index (κ1) is 21.5. The summed E-state index contributed by atoms with van der Waals surface area (Å²) in [4.78, 5) is 14.9. The maximum Gasteiger partial charge on any atom is 0.226 e. The zero-order chi connectivity index (χ0) is 19.6. The minimum atomic E-state index is -0.0249. The molecule has 1 aromatic carbocycles. The van der Waals surface area contributed by atoms with E-state index in [1.165, 1.54) is 25.8 Å². The third-order valence-electron chi connectivity index (χ3n) is 5.23. The molecule has 6 nitrogen and oxygen atoms in total. The van der Waals surface area contributed by atoms with Crippen LogP contribution in [0.3, 0.4) is 0 Å². The Labute approximate surface area is 163 Å². The highest BCUT2D eigenvalue weighted by Gasteiger charge is 2.17. The molecule has 0 spiro atoms. The van der Waals surface area contributed by atoms with Crippen molar-refractivity contribution in [2.75, 3.05) is 39.2 Å². The third kappa shape index (κ3) is 7.03. The molecule has 1 amide bonds. The number of piperidine rings is 1. The standard InChI is InChI=1S/C21H35N3O3/c1-16(22-11-7-13-24-12-6-5-8-17(24)2)14-21(25)23-19-10-9-18(26-3)15-20(19)27-4/h9-10,15-17,22H,5-8,11-14H2,1-4H3,(H,23,25). The van der Waals surface area contributed by atoms with Crippen LogP contribution in [0, 0.1) is 0 Å². The molecular weight excluding hydrogens is 342 g/mol. The van der Waals surface area contributed by atoms with Gasteiger partial charge in [0, 0.05) is 24.6 Å². The van der Waals surface area contributed by atoms with E-state index in [-0.39, 0.29) is 11.9 Å². The Morgan fingerprint density at radius 1 is 1.30 bits per heavy atom. The lowest BCUT2D eigenvalue weighted by Crippen LogP contribution is -2.39. The van der Waals surface area contributed by atoms with Crippen molar-refractivity contribution in [3.8, 4) is 11.5 Å². The molecule has 0 bridgehead atoms. The first-order valence-corrected chi connectivity index (χ1v) is 10.0. The minimum absolute atomic E-state index is 0.0249. The van der Waals surface area contributed by atoms with E-state index < -0.39 is 0 Å². The Balaban J connectivity index is 1.69. The topological polar surface area (TPSA) is 62.8 Å². The van der Waals surface area contributed by atoms with Gasteiger partial charge in [-0.2, -0.15) is 0 Å². The Bertz CT molecular complexity index is 594. The maximum absolute atomic E-state index is 12.3. The van der Waals surface area contributed by atoms with Gasteiger partial charge in [-0.05, 0) is 64.9 Å². The number of hydrogen-bond acceptors (Lipinski definition) is 5. The fourth-order valence-corrected chi connectivity index (χ4v) is 3.57. The lowest BCUT2D eigenvalue weighted by Gasteiger charge is -2.33. The van der Waals surface area contributed by atoms with Crippen molar-refractivity contribution in [2.45, 2.75) is 58.0 Å². The highest BCUT2D eigenvalue weighted by molar-refractivity contribution is 5.92. The number of benzene rings is 1. The molecule has 0 saturated carbocycles. The molecule has 2 N–H and O–H groups in total. The Kier molecular flexibility index (Phi) is 8.88. The van der Waals surface area contributed by atoms with Crippen LogP contribution >= 0.6 is 0 Å². The quantitative estimate of drug-likeness (QED) is 0.613. The van der Waals surface area contributed by atoms with Gasteiger partial charge in [-0.3, -0.25) is 4.79 Å². The fraction of sp³-hybridized carbons (Fsp3) is 0.667. The Hall–Kier alpha value is -1.79. The lowest BCUT2D eigenvalue weighted by molar-refractivity contribution is -0.116. The predicted molar refractivity (Wildman–Crippen MR) is 110 cm³/mol. The van der Waals surface area contributed by atoms with Gasteiger partial charge in [-0.1, -0.05) is 6.42 Å². The van der Waals surface area contributed by atoms with E-state index in [0.717, 1.165) is 19.5 Å². The second-order valence-corrected chi connectivity index (χ2v) is 7.41. The number of likely N-dealkylation sites (tertiary alicyclic amines) is 1. The largest absolute Gasteiger partial charge is 0.497 e. The molecule has 0 aromatic heterocycles. The summed E-state index contributed by atoms with van der Waals surface area (Å²) in [6, 6.07) is 6.21. The van der Waals surface area contributed by atoms with E-state index in [9.17, 15) is 4.79 Å². The van der Waals surface area contributed by atoms with Gasteiger partial charge >= 0.3 is 0 Å². The van der Waals surface area contributed by atoms with Gasteiger partial charge in [-0.25, -0.2) is 0 Å². The van der Waals surface area contributed by atoms with Gasteiger partial charge < -0.3 is 25.0 Å². The summed E-state index contributed by atoms with van der Waals surface area (Å²) in [5, 5.41) is 6.39. The van der Waals surface area contributed by atoms with Crippen molar-refractivity contribution in [1.82, 2.24) is 10.2 Å². The fourth-order valence-electron chi connectivity index (χ4n) is 3.57. The monoisotopic (exact) mass is 377 g/mol. The first-order valence-electron chi connectivity index (χ1n) is 10.0. The number of nitrogens with one attached hydrogen (secondary N) is 2. The van der Waals surface area contributed by atoms with Crippen LogP contribution in [0.5, 0.6) is 11.5 Å². The Morgan fingerprint density at radius 2 is 2.11 bits per heavy atom. The summed E-state index contributed by atoms with van der Waals surface area (Å²) in [5.41, 5.74) is 0.662. The molecule has 2 atom stereocenters. The summed E-state index contributed by atoms with van der Waals surface area (Å²) in [7, 11) is 3.18. The van der Waals surface area contributed by atoms with Crippen LogP contribution in [0.1, 0.15) is 46.0 Å². The van der Waals surface area contributed by atoms with Gasteiger partial charge in [0.1, 0.15) is 11.5 Å². The summed E-state index contributed by atoms with van der Waals surface area (Å²) >= 11 is 0. The summed E-state index contributed by atoms with van der Waals surface area (Å²) in [6.45, 7) is 7.67. The normalized spacial score (nSPS) is 18.7. The SMILES string of the molecule is COc1ccc(NC(=O)CC(C)NCCCN2CCCCC2C)c(OC)c1. The molecule has 1 saturated heterocycles. The molecule has 1 aliphatic rings. The average Bonchev–Trinajstić information content (AvgIpc) is 2.66. The number of carbonyl (C=O) groups excluding carboxylic acids is 1. The van der Waals surface area contributed by atoms with Crippen molar-refractivity contribution in [1.29, 1.82) is 0 Å². The summed E-state index contributed by atoms with van der Waals surface area (Å²) in [5.74, 6) is 1.27. The van der Waals surface area contributed by atoms with Crippen LogP contribution in [0.25, 0.3) is 0 Å². The molecule has 27 heavy (non-hydrogen) atoms. The van der Waals surface area contributed by atoms with Gasteiger partial charge in [0.2, 0.25) is 5.91 Å². The Morgan fingerprint density at radius 3 is 2.81 bits per heavy atom. The molecule has 6 heteroatoms. The predicted octanol–water partition coefficient (Wildman–Crippen LogP) is 3.28. The molecule has 2 rings (SSSR count). The van der Waals surface area contributed by atoms with Crippen LogP contribution in [-0.4, -0.2) is 56.7 Å². The minimum Gasteiger partial charge on any atom is -0.497 e. The van der Waals surface area contributed by atoms with Crippen molar-refractivity contribution in [3.05, 3.63) is 18.2 Å². The van der Waals surface area contributed by atoms with E-state index >= 15 is 0 Å². The summed E-state index contributed by atoms with van der Waals surface area (Å²) < 4.78 is 10.5. The summed E-state index contributed by atoms with van der Waals surface area (Å²) in [6.07, 6.45) is 5.54. The second kappa shape index (κ2) is 11.1. The highest BCUT2D eigenvalue weighted by Crippen LogP contribution is 2.29. The van der Waals surface area contributed by atoms with E-state index in [0.29, 0.717) is 29.6 Å². The van der Waals surface area contributed by atoms with Crippen LogP contribution in [0.4, 0.5) is 5.69 Å². The molecule has 0 radical (unpaired) electrons. The second-order valence-electron chi connectivity index (χ2n) is 7.41. The number of rotatable bonds is 10. The molecule has 1 heterocycles. The molecule has 1 fully saturated rings. The molecule has 0 aliphatic carbocycles. The molecule has 152 valence electrons. The first-order chi connectivity index (χ1) is 13.0. The average molecular weight is 378 g/mol. The third-order valence-corrected chi connectivity index (χ3v) is 5.23. The van der Waals surface area contributed by atoms with E-state index in [2.05, 4.69) is 22.5 Å². The molecule has 1 aliphatic heterocycles. The van der Waals surface area contributed by atoms with Gasteiger partial charge in [0.05, 0.1) is 19.9 Å². The number of amides is 1. The van der Waals surface area contributed by atoms with Crippen molar-refractivity contribution >= 4 is 11.6 Å². The van der Waals surface area contributed by atoms with Crippen molar-refractivity contribution < 1.29 is 14.3 Å². The van der Waals surface area contributed by atoms with Crippen molar-refractivity contribution in [2.24, 2.45) is 0 Å². The smallest absolute Gasteiger partial charge is 0.226 e. The van der Waals surface area contributed by atoms with E-state index in [4.69, 9.17) is 9.47 Å². The zero-order valence-electron chi connectivity index (χ0n) is 17.2. The molecule has 2 unspecified atom stereocenters. The number of hydrogen-bond donors (Lipinski definition) is 2. The van der Waals surface area contributed by atoms with Crippen LogP contribution in [0.15, 0.2) is 18.2 Å². The molecule has 1 aromatic rings. The number of ether oxygens (including phenoxy) is 2. The number of methoxy groups -OCH3 is 2. The van der Waals surface area contributed by atoms with Gasteiger partial charge in [0.25, 0.3) is 0 Å². The highest BCUT2D eigenvalue weighted by atomic mass is 16.5. The lowest BCUT2D eigenvalue weighted by atomic mass is 10.0. The molecular formula is C21H35N3O3. The van der Waals surface area contributed by atoms with Gasteiger partial charge in [-0.15, -0.1) is 0 Å². The van der Waals surface area contributed by atoms with Crippen molar-refractivity contribution in [3.63, 3.8) is 0 Å². The number of carbonyl (C=O) groups is 1.